The van der Waals surface area contributed by atoms with E-state index in [2.05, 4.69) is 122 Å². The van der Waals surface area contributed by atoms with E-state index in [1.165, 1.54) is 0 Å². The van der Waals surface area contributed by atoms with Crippen molar-refractivity contribution in [1.82, 2.24) is 18.3 Å². The van der Waals surface area contributed by atoms with Crippen molar-refractivity contribution < 1.29 is 13.0 Å². The zero-order chi connectivity index (χ0) is 31.8. The van der Waals surface area contributed by atoms with E-state index < -0.39 is 10.1 Å². The van der Waals surface area contributed by atoms with Gasteiger partial charge in [-0.1, -0.05) is 97.1 Å². The van der Waals surface area contributed by atoms with E-state index in [1.807, 2.05) is 0 Å². The van der Waals surface area contributed by atoms with Gasteiger partial charge < -0.3 is 4.57 Å². The summed E-state index contributed by atoms with van der Waals surface area (Å²) >= 11 is 0. The van der Waals surface area contributed by atoms with E-state index in [1.54, 1.807) is 0 Å². The maximum atomic E-state index is 9.19. The van der Waals surface area contributed by atoms with Crippen molar-refractivity contribution in [3.05, 3.63) is 119 Å². The second-order valence-electron chi connectivity index (χ2n) is 12.0. The molecule has 0 radical (unpaired) electrons. The molecule has 0 unspecified atom stereocenters. The Morgan fingerprint density at radius 1 is 0.489 bits per heavy atom. The maximum Gasteiger partial charge on any atom is 0.261 e. The highest BCUT2D eigenvalue weighted by Gasteiger charge is 2.37. The van der Waals surface area contributed by atoms with Crippen LogP contribution in [0.4, 0.5) is 23.3 Å². The lowest BCUT2D eigenvalue weighted by Crippen LogP contribution is -2.43. The molecule has 8 aromatic rings. The molecule has 228 valence electrons. The van der Waals surface area contributed by atoms with Gasteiger partial charge in [0.25, 0.3) is 10.1 Å². The third kappa shape index (κ3) is 3.45. The van der Waals surface area contributed by atoms with E-state index >= 15 is 0 Å². The molecule has 4 aromatic carbocycles. The van der Waals surface area contributed by atoms with Crippen molar-refractivity contribution in [2.45, 2.75) is 6.29 Å². The Morgan fingerprint density at radius 2 is 0.745 bits per heavy atom. The van der Waals surface area contributed by atoms with E-state index in [9.17, 15) is 8.42 Å². The van der Waals surface area contributed by atoms with Gasteiger partial charge in [0, 0.05) is 50.1 Å². The van der Waals surface area contributed by atoms with E-state index in [4.69, 9.17) is 24.5 Å². The van der Waals surface area contributed by atoms with Crippen LogP contribution in [0, 0.1) is 0 Å². The molecule has 2 bridgehead atoms. The molecule has 4 aromatic heterocycles. The van der Waals surface area contributed by atoms with Crippen LogP contribution in [0.15, 0.2) is 117 Å². The van der Waals surface area contributed by atoms with Crippen LogP contribution < -0.4 is 22.0 Å². The van der Waals surface area contributed by atoms with E-state index in [0.717, 1.165) is 88.3 Å². The molecule has 47 heavy (non-hydrogen) atoms. The largest absolute Gasteiger partial charge is 0.313 e. The summed E-state index contributed by atoms with van der Waals surface area (Å²) < 4.78 is 34.9. The number of aromatic nitrogens is 4. The van der Waals surface area contributed by atoms with Crippen LogP contribution in [0.1, 0.15) is 6.29 Å². The van der Waals surface area contributed by atoms with Crippen molar-refractivity contribution >= 4 is 76.5 Å². The van der Waals surface area contributed by atoms with Gasteiger partial charge in [-0.15, -0.1) is 0 Å². The van der Waals surface area contributed by atoms with Gasteiger partial charge in [-0.2, -0.15) is 8.42 Å². The minimum absolute atomic E-state index is 0.327. The quantitative estimate of drug-likeness (QED) is 0.240. The van der Waals surface area contributed by atoms with E-state index in [0.29, 0.717) is 6.26 Å². The van der Waals surface area contributed by atoms with Crippen LogP contribution in [-0.4, -0.2) is 37.5 Å². The van der Waals surface area contributed by atoms with E-state index in [-0.39, 0.29) is 6.29 Å². The Balaban J connectivity index is 0.000000534. The van der Waals surface area contributed by atoms with Gasteiger partial charge in [0.15, 0.2) is 0 Å². The predicted molar refractivity (Wildman–Crippen MR) is 179 cm³/mol. The average Bonchev–Trinajstić information content (AvgIpc) is 3.74. The smallest absolute Gasteiger partial charge is 0.261 e. The van der Waals surface area contributed by atoms with Crippen molar-refractivity contribution in [1.29, 1.82) is 0 Å². The lowest BCUT2D eigenvalue weighted by atomic mass is 10.2. The lowest BCUT2D eigenvalue weighted by molar-refractivity contribution is 0.341. The first-order valence-electron chi connectivity index (χ1n) is 15.0. The number of fused-ring (bicyclic) bond motifs is 14. The summed E-state index contributed by atoms with van der Waals surface area (Å²) in [4.78, 5) is 21.7. The number of rotatable bonds is 0. The molecule has 7 heterocycles. The SMILES string of the molecule is CS(=O)(=O)O.Cn1c2c3ccccc3c1=Nc1c3ccccc3c3n1C1n4c(c5ccccc5c4N=c4c5ccccc5c(n41)=N3)N=2. The number of nitrogens with zero attached hydrogens (tertiary/aromatic N) is 8. The van der Waals surface area contributed by atoms with Gasteiger partial charge in [0.05, 0.1) is 6.26 Å². The fraction of sp³-hybridized carbons (Fsp3) is 0.0857. The van der Waals surface area contributed by atoms with Crippen LogP contribution in [0.25, 0.3) is 43.1 Å². The Kier molecular flexibility index (Phi) is 4.99. The van der Waals surface area contributed by atoms with Crippen LogP contribution in [0.5, 0.6) is 0 Å². The third-order valence-corrected chi connectivity index (χ3v) is 9.18. The molecule has 0 amide bonds. The van der Waals surface area contributed by atoms with Crippen molar-refractivity contribution in [2.75, 3.05) is 6.26 Å². The van der Waals surface area contributed by atoms with Gasteiger partial charge in [-0.05, 0) is 0 Å². The molecule has 12 heteroatoms. The van der Waals surface area contributed by atoms with Gasteiger partial charge in [-0.25, -0.2) is 20.0 Å². The summed E-state index contributed by atoms with van der Waals surface area (Å²) in [6, 6.07) is 33.8. The van der Waals surface area contributed by atoms with Gasteiger partial charge in [-0.3, -0.25) is 18.3 Å². The Hall–Kier alpha value is -5.85. The highest BCUT2D eigenvalue weighted by atomic mass is 32.2. The molecule has 0 saturated heterocycles. The summed E-state index contributed by atoms with van der Waals surface area (Å²) in [6.07, 6.45) is 0.388. The van der Waals surface area contributed by atoms with Crippen LogP contribution in [-0.2, 0) is 17.2 Å². The highest BCUT2D eigenvalue weighted by molar-refractivity contribution is 7.85. The first-order chi connectivity index (χ1) is 22.8. The zero-order valence-electron chi connectivity index (χ0n) is 25.1. The highest BCUT2D eigenvalue weighted by Crippen LogP contribution is 2.48. The average molecular weight is 637 g/mol. The van der Waals surface area contributed by atoms with Gasteiger partial charge in [0.2, 0.25) is 6.29 Å². The molecule has 0 aliphatic carbocycles. The normalized spacial score (nSPS) is 15.3. The molecular formula is C35H24N8O3S. The minimum atomic E-state index is -3.67. The molecular weight excluding hydrogens is 613 g/mol. The van der Waals surface area contributed by atoms with Crippen molar-refractivity contribution in [3.63, 3.8) is 0 Å². The van der Waals surface area contributed by atoms with Crippen molar-refractivity contribution in [2.24, 2.45) is 27.0 Å². The predicted octanol–water partition coefficient (Wildman–Crippen LogP) is 4.84. The summed E-state index contributed by atoms with van der Waals surface area (Å²) in [5.41, 5.74) is 3.58. The third-order valence-electron chi connectivity index (χ3n) is 9.18. The minimum Gasteiger partial charge on any atom is -0.313 e. The summed E-state index contributed by atoms with van der Waals surface area (Å²) in [6.45, 7) is 0. The van der Waals surface area contributed by atoms with Crippen molar-refractivity contribution in [3.8, 4) is 0 Å². The Morgan fingerprint density at radius 3 is 1.06 bits per heavy atom. The van der Waals surface area contributed by atoms with Gasteiger partial charge in [0.1, 0.15) is 45.2 Å². The molecule has 3 aliphatic heterocycles. The molecule has 11 nitrogen and oxygen atoms in total. The Bertz CT molecular complexity index is 2900. The fourth-order valence-corrected chi connectivity index (χ4v) is 7.39. The molecule has 0 saturated carbocycles. The zero-order valence-corrected chi connectivity index (χ0v) is 25.9. The molecule has 3 aliphatic rings. The molecule has 1 N–H and O–H groups in total. The van der Waals surface area contributed by atoms with Crippen LogP contribution >= 0.6 is 0 Å². The maximum absolute atomic E-state index is 9.19. The fourth-order valence-electron chi connectivity index (χ4n) is 7.39. The lowest BCUT2D eigenvalue weighted by Gasteiger charge is -2.31. The number of benzene rings is 4. The Labute approximate surface area is 265 Å². The molecule has 0 fully saturated rings. The topological polar surface area (TPSA) is 124 Å². The monoisotopic (exact) mass is 636 g/mol. The molecule has 0 atom stereocenters. The summed E-state index contributed by atoms with van der Waals surface area (Å²) in [5.74, 6) is 3.54. The second kappa shape index (κ2) is 8.90. The number of hydrogen-bond donors (Lipinski definition) is 1. The van der Waals surface area contributed by atoms with Gasteiger partial charge >= 0.3 is 0 Å². The summed E-state index contributed by atoms with van der Waals surface area (Å²) in [5, 5.41) is 8.61. The second-order valence-corrected chi connectivity index (χ2v) is 13.4. The number of hydrogen-bond acceptors (Lipinski definition) is 6. The first-order valence-corrected chi connectivity index (χ1v) is 16.9. The first kappa shape index (κ1) is 26.4. The molecule has 0 spiro atoms. The summed E-state index contributed by atoms with van der Waals surface area (Å²) in [7, 11) is -1.61. The van der Waals surface area contributed by atoms with Crippen LogP contribution in [0.3, 0.4) is 0 Å². The molecule has 11 rings (SSSR count). The van der Waals surface area contributed by atoms with Crippen LogP contribution in [0.2, 0.25) is 0 Å². The standard InChI is InChI=1S/C34H20N8.CH4O3S/c1-39-26-18-10-2-3-11-19(18)27(39)36-29-21-13-5-7-15-23(21)31-38-33-25-17-9-8-16-24(25)32-37-30-22-14-6-4-12-20(22)28(35-26)40(30)34(41(29)31)42(32)33;1-5(2,3)4/h2-17,34H,1H3;1H3,(H,2,3,4).